The summed E-state index contributed by atoms with van der Waals surface area (Å²) in [5, 5.41) is 0. The van der Waals surface area contributed by atoms with Crippen LogP contribution in [0.25, 0.3) is 0 Å². The molecule has 1 aromatic heterocycles. The van der Waals surface area contributed by atoms with Crippen molar-refractivity contribution in [3.8, 4) is 0 Å². The molecule has 32 heavy (non-hydrogen) atoms. The molecule has 1 aliphatic carbocycles. The first-order valence-electron chi connectivity index (χ1n) is 11.0. The average Bonchev–Trinajstić information content (AvgIpc) is 2.97. The predicted molar refractivity (Wildman–Crippen MR) is 108 cm³/mol. The molecule has 1 saturated carbocycles. The number of nitrogens with two attached hydrogens (primary N) is 1. The van der Waals surface area contributed by atoms with Gasteiger partial charge in [-0.3, -0.25) is 0 Å². The zero-order valence-electron chi connectivity index (χ0n) is 17.9. The Balaban J connectivity index is 1.27. The van der Waals surface area contributed by atoms with E-state index < -0.39 is 38.8 Å². The van der Waals surface area contributed by atoms with Crippen molar-refractivity contribution in [2.45, 2.75) is 73.2 Å². The minimum atomic E-state index is -4.64. The summed E-state index contributed by atoms with van der Waals surface area (Å²) in [7, 11) is -4.10. The van der Waals surface area contributed by atoms with E-state index in [9.17, 15) is 21.6 Å². The van der Waals surface area contributed by atoms with E-state index in [0.717, 1.165) is 45.2 Å². The third-order valence-electron chi connectivity index (χ3n) is 7.64. The highest BCUT2D eigenvalue weighted by Crippen LogP contribution is 2.50. The van der Waals surface area contributed by atoms with Crippen molar-refractivity contribution in [1.29, 1.82) is 0 Å². The van der Waals surface area contributed by atoms with E-state index in [0.29, 0.717) is 36.8 Å². The quantitative estimate of drug-likeness (QED) is 0.717. The van der Waals surface area contributed by atoms with E-state index in [1.807, 2.05) is 0 Å². The standard InChI is InChI=1S/C21H28F3N3O4S/c1-13-16(2-3-17(26-13)21(22,23)24)32(28,29)18-15(25)10-20(31-18)4-6-27(7-5-20)14-8-19(9-14)11-30-12-19/h2-3,14-15,18H,4-12,25H2,1H3. The summed E-state index contributed by atoms with van der Waals surface area (Å²) in [6, 6.07) is 1.45. The first kappa shape index (κ1) is 22.5. The van der Waals surface area contributed by atoms with Gasteiger partial charge in [0, 0.05) is 30.6 Å². The molecule has 2 spiro atoms. The molecule has 4 fully saturated rings. The fourth-order valence-corrected chi connectivity index (χ4v) is 7.63. The normalized spacial score (nSPS) is 30.4. The maximum Gasteiger partial charge on any atom is 0.433 e. The van der Waals surface area contributed by atoms with Gasteiger partial charge in [0.1, 0.15) is 5.69 Å². The minimum absolute atomic E-state index is 0.203. The molecule has 2 N–H and O–H groups in total. The Hall–Kier alpha value is -1.27. The highest BCUT2D eigenvalue weighted by molar-refractivity contribution is 7.92. The van der Waals surface area contributed by atoms with E-state index in [2.05, 4.69) is 9.88 Å². The lowest BCUT2D eigenvalue weighted by Gasteiger charge is -2.57. The lowest BCUT2D eigenvalue weighted by Crippen LogP contribution is -2.61. The van der Waals surface area contributed by atoms with Gasteiger partial charge in [-0.15, -0.1) is 0 Å². The maximum absolute atomic E-state index is 13.2. The number of nitrogens with zero attached hydrogens (tertiary/aromatic N) is 2. The summed E-state index contributed by atoms with van der Waals surface area (Å²) in [5.41, 5.74) is 3.38. The molecule has 1 aromatic rings. The van der Waals surface area contributed by atoms with Gasteiger partial charge in [-0.05, 0) is 51.2 Å². The summed E-state index contributed by atoms with van der Waals surface area (Å²) in [6.07, 6.45) is -0.541. The monoisotopic (exact) mass is 475 g/mol. The van der Waals surface area contributed by atoms with Crippen LogP contribution in [0.5, 0.6) is 0 Å². The molecular weight excluding hydrogens is 447 g/mol. The number of hydrogen-bond acceptors (Lipinski definition) is 7. The predicted octanol–water partition coefficient (Wildman–Crippen LogP) is 2.27. The third-order valence-corrected chi connectivity index (χ3v) is 9.75. The number of rotatable bonds is 3. The van der Waals surface area contributed by atoms with Gasteiger partial charge in [0.25, 0.3) is 0 Å². The molecule has 0 bridgehead atoms. The van der Waals surface area contributed by atoms with Gasteiger partial charge in [-0.2, -0.15) is 13.2 Å². The first-order valence-corrected chi connectivity index (χ1v) is 12.5. The van der Waals surface area contributed by atoms with Gasteiger partial charge in [0.05, 0.1) is 29.4 Å². The average molecular weight is 476 g/mol. The summed E-state index contributed by atoms with van der Waals surface area (Å²) in [6.45, 7) is 4.62. The summed E-state index contributed by atoms with van der Waals surface area (Å²) in [4.78, 5) is 5.66. The van der Waals surface area contributed by atoms with Gasteiger partial charge < -0.3 is 20.1 Å². The highest BCUT2D eigenvalue weighted by atomic mass is 32.2. The lowest BCUT2D eigenvalue weighted by molar-refractivity contribution is -0.190. The van der Waals surface area contributed by atoms with Crippen LogP contribution in [-0.2, 0) is 25.5 Å². The van der Waals surface area contributed by atoms with Gasteiger partial charge in [-0.25, -0.2) is 13.4 Å². The van der Waals surface area contributed by atoms with Gasteiger partial charge in [0.2, 0.25) is 9.84 Å². The van der Waals surface area contributed by atoms with Crippen LogP contribution in [0, 0.1) is 12.3 Å². The molecule has 4 heterocycles. The van der Waals surface area contributed by atoms with Crippen molar-refractivity contribution < 1.29 is 31.1 Å². The minimum Gasteiger partial charge on any atom is -0.380 e. The molecule has 178 valence electrons. The van der Waals surface area contributed by atoms with Gasteiger partial charge in [-0.1, -0.05) is 0 Å². The Morgan fingerprint density at radius 3 is 2.34 bits per heavy atom. The summed E-state index contributed by atoms with van der Waals surface area (Å²) < 4.78 is 76.7. The van der Waals surface area contributed by atoms with Crippen molar-refractivity contribution in [3.63, 3.8) is 0 Å². The van der Waals surface area contributed by atoms with Crippen LogP contribution in [0.2, 0.25) is 0 Å². The molecule has 0 amide bonds. The topological polar surface area (TPSA) is 94.8 Å². The van der Waals surface area contributed by atoms with E-state index in [1.165, 1.54) is 6.92 Å². The Kier molecular flexibility index (Phi) is 5.18. The molecule has 2 atom stereocenters. The van der Waals surface area contributed by atoms with Crippen LogP contribution in [0.3, 0.4) is 0 Å². The second-order valence-corrected chi connectivity index (χ2v) is 11.9. The largest absolute Gasteiger partial charge is 0.433 e. The molecule has 3 saturated heterocycles. The first-order chi connectivity index (χ1) is 14.9. The molecule has 0 radical (unpaired) electrons. The molecule has 11 heteroatoms. The molecule has 7 nitrogen and oxygen atoms in total. The van der Waals surface area contributed by atoms with Crippen molar-refractivity contribution in [1.82, 2.24) is 9.88 Å². The zero-order valence-corrected chi connectivity index (χ0v) is 18.7. The van der Waals surface area contributed by atoms with Crippen LogP contribution in [0.15, 0.2) is 17.0 Å². The van der Waals surface area contributed by atoms with Crippen molar-refractivity contribution in [2.75, 3.05) is 26.3 Å². The second kappa shape index (κ2) is 7.36. The van der Waals surface area contributed by atoms with Gasteiger partial charge in [0.15, 0.2) is 5.44 Å². The Bertz CT molecular complexity index is 996. The van der Waals surface area contributed by atoms with E-state index in [1.54, 1.807) is 0 Å². The van der Waals surface area contributed by atoms with E-state index >= 15 is 0 Å². The van der Waals surface area contributed by atoms with Crippen molar-refractivity contribution >= 4 is 9.84 Å². The lowest BCUT2D eigenvalue weighted by atomic mass is 9.63. The number of likely N-dealkylation sites (tertiary alicyclic amines) is 1. The smallest absolute Gasteiger partial charge is 0.380 e. The molecule has 2 unspecified atom stereocenters. The summed E-state index contributed by atoms with van der Waals surface area (Å²) in [5.74, 6) is 0. The number of pyridine rings is 1. The number of sulfone groups is 1. The summed E-state index contributed by atoms with van der Waals surface area (Å²) >= 11 is 0. The molecule has 3 aliphatic heterocycles. The number of alkyl halides is 3. The van der Waals surface area contributed by atoms with Crippen LogP contribution < -0.4 is 5.73 Å². The Morgan fingerprint density at radius 2 is 1.81 bits per heavy atom. The van der Waals surface area contributed by atoms with Crippen LogP contribution in [0.4, 0.5) is 13.2 Å². The number of piperidine rings is 1. The second-order valence-electron chi connectivity index (χ2n) is 9.95. The highest BCUT2D eigenvalue weighted by Gasteiger charge is 2.55. The number of aryl methyl sites for hydroxylation is 1. The Morgan fingerprint density at radius 1 is 1.16 bits per heavy atom. The van der Waals surface area contributed by atoms with Crippen molar-refractivity contribution in [3.05, 3.63) is 23.5 Å². The molecular formula is C21H28F3N3O4S. The number of aromatic nitrogens is 1. The molecule has 5 rings (SSSR count). The maximum atomic E-state index is 13.2. The van der Waals surface area contributed by atoms with Crippen molar-refractivity contribution in [2.24, 2.45) is 11.1 Å². The number of hydrogen-bond donors (Lipinski definition) is 1. The SMILES string of the molecule is Cc1nc(C(F)(F)F)ccc1S(=O)(=O)C1OC2(CCN(C3CC4(COC4)C3)CC2)CC1N. The fourth-order valence-electron chi connectivity index (χ4n) is 5.78. The van der Waals surface area contributed by atoms with Crippen LogP contribution >= 0.6 is 0 Å². The molecule has 4 aliphatic rings. The van der Waals surface area contributed by atoms with Crippen LogP contribution in [-0.4, -0.2) is 67.7 Å². The number of halogens is 3. The molecule has 0 aromatic carbocycles. The van der Waals surface area contributed by atoms with Crippen LogP contribution in [0.1, 0.15) is 43.5 Å². The third kappa shape index (κ3) is 3.66. The number of ether oxygens (including phenoxy) is 2. The zero-order chi connectivity index (χ0) is 22.9. The fraction of sp³-hybridized carbons (Fsp3) is 0.762. The van der Waals surface area contributed by atoms with E-state index in [-0.39, 0.29) is 10.6 Å². The van der Waals surface area contributed by atoms with E-state index in [4.69, 9.17) is 15.2 Å². The Labute approximate surface area is 185 Å². The van der Waals surface area contributed by atoms with Gasteiger partial charge >= 0.3 is 6.18 Å².